The second-order valence-electron chi connectivity index (χ2n) is 12.8. The average Bonchev–Trinajstić information content (AvgIpc) is 3.65. The van der Waals surface area contributed by atoms with E-state index >= 15 is 0 Å². The van der Waals surface area contributed by atoms with Gasteiger partial charge >= 0.3 is 0 Å². The van der Waals surface area contributed by atoms with Gasteiger partial charge in [0.2, 0.25) is 0 Å². The lowest BCUT2D eigenvalue weighted by molar-refractivity contribution is 0.794. The Morgan fingerprint density at radius 1 is 0.265 bits per heavy atom. The van der Waals surface area contributed by atoms with Gasteiger partial charge in [-0.3, -0.25) is 0 Å². The van der Waals surface area contributed by atoms with Gasteiger partial charge in [-0.05, 0) is 61.7 Å². The van der Waals surface area contributed by atoms with Crippen LogP contribution in [-0.4, -0.2) is 15.0 Å². The van der Waals surface area contributed by atoms with E-state index in [9.17, 15) is 0 Å². The zero-order chi connectivity index (χ0) is 32.4. The molecule has 10 rings (SSSR count). The Bertz CT molecular complexity index is 2430. The lowest BCUT2D eigenvalue weighted by Crippen LogP contribution is -2.25. The minimum absolute atomic E-state index is 0.326. The molecule has 0 atom stereocenters. The van der Waals surface area contributed by atoms with E-state index < -0.39 is 0 Å². The first-order valence-electron chi connectivity index (χ1n) is 16.7. The van der Waals surface area contributed by atoms with Crippen LogP contribution in [0.4, 0.5) is 0 Å². The van der Waals surface area contributed by atoms with Crippen molar-refractivity contribution in [2.24, 2.45) is 0 Å². The lowest BCUT2D eigenvalue weighted by Gasteiger charge is -2.30. The van der Waals surface area contributed by atoms with E-state index in [0.717, 1.165) is 22.3 Å². The van der Waals surface area contributed by atoms with Gasteiger partial charge in [-0.2, -0.15) is 0 Å². The van der Waals surface area contributed by atoms with Crippen LogP contribution in [0, 0.1) is 0 Å². The van der Waals surface area contributed by atoms with E-state index in [-0.39, 0.29) is 5.41 Å². The number of rotatable bonds is 4. The molecule has 0 N–H and O–H groups in total. The van der Waals surface area contributed by atoms with E-state index in [1.165, 1.54) is 50.1 Å². The second kappa shape index (κ2) is 10.8. The van der Waals surface area contributed by atoms with Crippen molar-refractivity contribution >= 4 is 0 Å². The van der Waals surface area contributed by atoms with Crippen LogP contribution in [0.5, 0.6) is 0 Å². The molecule has 0 bridgehead atoms. The molecule has 228 valence electrons. The maximum Gasteiger partial charge on any atom is 0.164 e. The van der Waals surface area contributed by atoms with Crippen LogP contribution in [0.25, 0.3) is 67.5 Å². The highest BCUT2D eigenvalue weighted by molar-refractivity contribution is 5.96. The Hall–Kier alpha value is -6.45. The van der Waals surface area contributed by atoms with E-state index in [1.54, 1.807) is 0 Å². The SMILES string of the molecule is c1ccc(-c2nc(-c3ccccc3)nc(-c3ccc(-c4ccc5c(c4)-c4ccccc4C54c5ccccc5-c5ccccc54)cc3)n2)cc1. The van der Waals surface area contributed by atoms with Crippen molar-refractivity contribution in [2.45, 2.75) is 5.41 Å². The number of hydrogen-bond donors (Lipinski definition) is 0. The Balaban J connectivity index is 1.08. The number of aromatic nitrogens is 3. The third kappa shape index (κ3) is 4.12. The van der Waals surface area contributed by atoms with Crippen molar-refractivity contribution in [1.82, 2.24) is 15.0 Å². The Labute approximate surface area is 285 Å². The van der Waals surface area contributed by atoms with Gasteiger partial charge in [-0.1, -0.05) is 170 Å². The highest BCUT2D eigenvalue weighted by Crippen LogP contribution is 2.62. The molecule has 3 heteroatoms. The summed E-state index contributed by atoms with van der Waals surface area (Å²) in [6.45, 7) is 0. The summed E-state index contributed by atoms with van der Waals surface area (Å²) in [6.07, 6.45) is 0. The molecular formula is C46H29N3. The summed E-state index contributed by atoms with van der Waals surface area (Å²) in [5.41, 5.74) is 15.5. The molecule has 1 heterocycles. The van der Waals surface area contributed by atoms with Crippen LogP contribution in [0.3, 0.4) is 0 Å². The molecule has 1 spiro atoms. The smallest absolute Gasteiger partial charge is 0.164 e. The molecule has 8 aromatic rings. The number of hydrogen-bond acceptors (Lipinski definition) is 3. The summed E-state index contributed by atoms with van der Waals surface area (Å²) in [4.78, 5) is 14.7. The van der Waals surface area contributed by atoms with Crippen LogP contribution in [0.2, 0.25) is 0 Å². The monoisotopic (exact) mass is 623 g/mol. The zero-order valence-corrected chi connectivity index (χ0v) is 26.6. The summed E-state index contributed by atoms with van der Waals surface area (Å²) in [5.74, 6) is 1.98. The highest BCUT2D eigenvalue weighted by Gasteiger charge is 2.51. The normalized spacial score (nSPS) is 13.1. The Morgan fingerprint density at radius 2 is 0.612 bits per heavy atom. The fourth-order valence-corrected chi connectivity index (χ4v) is 8.03. The summed E-state index contributed by atoms with van der Waals surface area (Å²) < 4.78 is 0. The van der Waals surface area contributed by atoms with E-state index in [4.69, 9.17) is 15.0 Å². The number of benzene rings is 7. The van der Waals surface area contributed by atoms with E-state index in [2.05, 4.69) is 115 Å². The third-order valence-electron chi connectivity index (χ3n) is 10.2. The molecule has 0 radical (unpaired) electrons. The van der Waals surface area contributed by atoms with Gasteiger partial charge in [0.1, 0.15) is 0 Å². The molecule has 0 fully saturated rings. The molecule has 3 nitrogen and oxygen atoms in total. The van der Waals surface area contributed by atoms with Crippen molar-refractivity contribution in [3.05, 3.63) is 198 Å². The first-order chi connectivity index (χ1) is 24.3. The van der Waals surface area contributed by atoms with Gasteiger partial charge in [0.25, 0.3) is 0 Å². The molecule has 2 aliphatic carbocycles. The van der Waals surface area contributed by atoms with Gasteiger partial charge in [0, 0.05) is 16.7 Å². The molecule has 1 aromatic heterocycles. The van der Waals surface area contributed by atoms with Crippen LogP contribution in [-0.2, 0) is 5.41 Å². The highest BCUT2D eigenvalue weighted by atomic mass is 15.0. The van der Waals surface area contributed by atoms with Crippen LogP contribution >= 0.6 is 0 Å². The fraction of sp³-hybridized carbons (Fsp3) is 0.0217. The minimum Gasteiger partial charge on any atom is -0.208 e. The van der Waals surface area contributed by atoms with Gasteiger partial charge < -0.3 is 0 Å². The molecular weight excluding hydrogens is 595 g/mol. The predicted octanol–water partition coefficient (Wildman–Crippen LogP) is 10.9. The van der Waals surface area contributed by atoms with Crippen molar-refractivity contribution in [1.29, 1.82) is 0 Å². The van der Waals surface area contributed by atoms with Crippen molar-refractivity contribution in [3.8, 4) is 67.5 Å². The first kappa shape index (κ1) is 27.6. The molecule has 0 unspecified atom stereocenters. The Morgan fingerprint density at radius 3 is 1.10 bits per heavy atom. The summed E-state index contributed by atoms with van der Waals surface area (Å²) in [6, 6.07) is 62.7. The standard InChI is InChI=1S/C46H29N3/c1-3-13-31(14-4-1)43-47-44(32-15-5-2-6-16-32)49-45(48-43)33-25-23-30(24-26-33)34-27-28-42-38(29-34)37-19-9-12-22-41(37)46(42)39-20-10-7-17-35(39)36-18-8-11-21-40(36)46/h1-29H. The van der Waals surface area contributed by atoms with Gasteiger partial charge in [0.15, 0.2) is 17.5 Å². The maximum absolute atomic E-state index is 4.93. The van der Waals surface area contributed by atoms with Crippen molar-refractivity contribution in [2.75, 3.05) is 0 Å². The molecule has 0 saturated carbocycles. The van der Waals surface area contributed by atoms with Gasteiger partial charge in [-0.15, -0.1) is 0 Å². The predicted molar refractivity (Wildman–Crippen MR) is 198 cm³/mol. The van der Waals surface area contributed by atoms with Gasteiger partial charge in [0.05, 0.1) is 5.41 Å². The molecule has 0 aliphatic heterocycles. The van der Waals surface area contributed by atoms with Crippen molar-refractivity contribution < 1.29 is 0 Å². The van der Waals surface area contributed by atoms with Crippen LogP contribution < -0.4 is 0 Å². The minimum atomic E-state index is -0.326. The van der Waals surface area contributed by atoms with Crippen LogP contribution in [0.1, 0.15) is 22.3 Å². The Kier molecular flexibility index (Phi) is 6.09. The lowest BCUT2D eigenvalue weighted by atomic mass is 9.70. The zero-order valence-electron chi connectivity index (χ0n) is 26.6. The molecule has 7 aromatic carbocycles. The maximum atomic E-state index is 4.93. The van der Waals surface area contributed by atoms with Gasteiger partial charge in [-0.25, -0.2) is 15.0 Å². The molecule has 0 amide bonds. The van der Waals surface area contributed by atoms with E-state index in [0.29, 0.717) is 17.5 Å². The largest absolute Gasteiger partial charge is 0.208 e. The second-order valence-corrected chi connectivity index (χ2v) is 12.8. The summed E-state index contributed by atoms with van der Waals surface area (Å²) in [5, 5.41) is 0. The van der Waals surface area contributed by atoms with E-state index in [1.807, 2.05) is 60.7 Å². The topological polar surface area (TPSA) is 38.7 Å². The summed E-state index contributed by atoms with van der Waals surface area (Å²) >= 11 is 0. The molecule has 49 heavy (non-hydrogen) atoms. The molecule has 0 saturated heterocycles. The van der Waals surface area contributed by atoms with Crippen LogP contribution in [0.15, 0.2) is 176 Å². The number of nitrogens with zero attached hydrogens (tertiary/aromatic N) is 3. The fourth-order valence-electron chi connectivity index (χ4n) is 8.03. The average molecular weight is 624 g/mol. The third-order valence-corrected chi connectivity index (χ3v) is 10.2. The number of fused-ring (bicyclic) bond motifs is 10. The van der Waals surface area contributed by atoms with Crippen molar-refractivity contribution in [3.63, 3.8) is 0 Å². The quantitative estimate of drug-likeness (QED) is 0.196. The summed E-state index contributed by atoms with van der Waals surface area (Å²) in [7, 11) is 0. The molecule has 2 aliphatic rings. The first-order valence-corrected chi connectivity index (χ1v) is 16.7.